The largest absolute Gasteiger partial charge is 0.393 e. The van der Waals surface area contributed by atoms with Gasteiger partial charge in [0.05, 0.1) is 35.3 Å². The molecule has 0 unspecified atom stereocenters. The standard InChI is InChI=1S/C27H30N6O2/c1-16-24-20(19-7-11-28-26-21(19)10-12-32(26)2)4-5-22(25(24)27(35)30-16)31-23-6-3-17(15-29-23)33-13-8-18(34)9-14-33/h3-7,11,15-16,18,34H,8-10,12-14H2,1-2H3,(H,29,31)(H,30,35)/t16-/m1/s1. The molecule has 2 aromatic heterocycles. The molecule has 1 amide bonds. The quantitative estimate of drug-likeness (QED) is 0.536. The third-order valence-corrected chi connectivity index (χ3v) is 7.48. The normalized spacial score (nSPS) is 19.5. The van der Waals surface area contributed by atoms with Gasteiger partial charge in [0.2, 0.25) is 0 Å². The molecule has 8 heteroatoms. The molecule has 5 heterocycles. The summed E-state index contributed by atoms with van der Waals surface area (Å²) in [6, 6.07) is 10.1. The number of anilines is 4. The Hall–Kier alpha value is -3.65. The zero-order chi connectivity index (χ0) is 24.1. The van der Waals surface area contributed by atoms with E-state index in [4.69, 9.17) is 0 Å². The van der Waals surface area contributed by atoms with Crippen LogP contribution in [0.5, 0.6) is 0 Å². The van der Waals surface area contributed by atoms with E-state index < -0.39 is 0 Å². The minimum Gasteiger partial charge on any atom is -0.393 e. The number of hydrogen-bond acceptors (Lipinski definition) is 7. The number of pyridine rings is 2. The lowest BCUT2D eigenvalue weighted by molar-refractivity contribution is 0.0959. The van der Waals surface area contributed by atoms with Gasteiger partial charge in [-0.1, -0.05) is 6.07 Å². The Balaban J connectivity index is 1.33. The van der Waals surface area contributed by atoms with Crippen molar-refractivity contribution in [2.75, 3.05) is 41.8 Å². The number of amides is 1. The SMILES string of the molecule is C[C@H]1NC(=O)c2c(Nc3ccc(N4CCC(O)CC4)cn3)ccc(-c3ccnc4c3CCN4C)c21. The summed E-state index contributed by atoms with van der Waals surface area (Å²) >= 11 is 0. The molecular formula is C27H30N6O2. The number of fused-ring (bicyclic) bond motifs is 2. The van der Waals surface area contributed by atoms with Gasteiger partial charge in [0, 0.05) is 38.4 Å². The first-order valence-electron chi connectivity index (χ1n) is 12.3. The van der Waals surface area contributed by atoms with Gasteiger partial charge in [0.15, 0.2) is 0 Å². The Bertz CT molecular complexity index is 1280. The predicted octanol–water partition coefficient (Wildman–Crippen LogP) is 3.65. The monoisotopic (exact) mass is 470 g/mol. The van der Waals surface area contributed by atoms with Crippen molar-refractivity contribution in [1.29, 1.82) is 0 Å². The van der Waals surface area contributed by atoms with Gasteiger partial charge in [-0.25, -0.2) is 9.97 Å². The van der Waals surface area contributed by atoms with Gasteiger partial charge in [-0.15, -0.1) is 0 Å². The zero-order valence-corrected chi connectivity index (χ0v) is 20.1. The number of nitrogens with one attached hydrogen (secondary N) is 2. The van der Waals surface area contributed by atoms with Crippen molar-refractivity contribution < 1.29 is 9.90 Å². The van der Waals surface area contributed by atoms with Crippen LogP contribution >= 0.6 is 0 Å². The second-order valence-electron chi connectivity index (χ2n) is 9.72. The molecule has 3 aliphatic rings. The smallest absolute Gasteiger partial charge is 0.254 e. The van der Waals surface area contributed by atoms with Crippen LogP contribution in [0.4, 0.5) is 23.0 Å². The molecule has 1 atom stereocenters. The molecule has 8 nitrogen and oxygen atoms in total. The number of hydrogen-bond donors (Lipinski definition) is 3. The number of aliphatic hydroxyl groups excluding tert-OH is 1. The fourth-order valence-electron chi connectivity index (χ4n) is 5.60. The molecule has 1 aromatic carbocycles. The van der Waals surface area contributed by atoms with Crippen molar-refractivity contribution in [3.8, 4) is 11.1 Å². The van der Waals surface area contributed by atoms with Crippen molar-refractivity contribution in [2.24, 2.45) is 0 Å². The van der Waals surface area contributed by atoms with Crippen LogP contribution in [0.2, 0.25) is 0 Å². The maximum atomic E-state index is 13.0. The highest BCUT2D eigenvalue weighted by Gasteiger charge is 2.33. The molecule has 3 aliphatic heterocycles. The lowest BCUT2D eigenvalue weighted by Crippen LogP contribution is -2.35. The number of carbonyl (C=O) groups excluding carboxylic acids is 1. The van der Waals surface area contributed by atoms with E-state index in [1.165, 1.54) is 5.56 Å². The van der Waals surface area contributed by atoms with Crippen LogP contribution in [0.1, 0.15) is 47.3 Å². The van der Waals surface area contributed by atoms with Gasteiger partial charge < -0.3 is 25.5 Å². The number of nitrogens with zero attached hydrogens (tertiary/aromatic N) is 4. The second-order valence-corrected chi connectivity index (χ2v) is 9.72. The maximum absolute atomic E-state index is 13.0. The predicted molar refractivity (Wildman–Crippen MR) is 138 cm³/mol. The third-order valence-electron chi connectivity index (χ3n) is 7.48. The van der Waals surface area contributed by atoms with Crippen LogP contribution < -0.4 is 20.4 Å². The highest BCUT2D eigenvalue weighted by molar-refractivity contribution is 6.07. The van der Waals surface area contributed by atoms with E-state index in [0.29, 0.717) is 11.4 Å². The van der Waals surface area contributed by atoms with Crippen LogP contribution in [0.25, 0.3) is 11.1 Å². The first-order valence-corrected chi connectivity index (χ1v) is 12.3. The molecule has 3 N–H and O–H groups in total. The van der Waals surface area contributed by atoms with Crippen molar-refractivity contribution in [3.63, 3.8) is 0 Å². The average Bonchev–Trinajstić information content (AvgIpc) is 3.40. The van der Waals surface area contributed by atoms with E-state index in [2.05, 4.69) is 49.6 Å². The fourth-order valence-corrected chi connectivity index (χ4v) is 5.60. The summed E-state index contributed by atoms with van der Waals surface area (Å²) in [6.07, 6.45) is 6.02. The van der Waals surface area contributed by atoms with E-state index in [1.807, 2.05) is 37.5 Å². The molecule has 180 valence electrons. The van der Waals surface area contributed by atoms with E-state index in [9.17, 15) is 9.90 Å². The summed E-state index contributed by atoms with van der Waals surface area (Å²) < 4.78 is 0. The van der Waals surface area contributed by atoms with Crippen LogP contribution in [-0.4, -0.2) is 53.8 Å². The molecule has 0 saturated carbocycles. The molecule has 0 aliphatic carbocycles. The summed E-state index contributed by atoms with van der Waals surface area (Å²) in [5.41, 5.74) is 6.99. The van der Waals surface area contributed by atoms with Gasteiger partial charge >= 0.3 is 0 Å². The van der Waals surface area contributed by atoms with Crippen molar-refractivity contribution in [2.45, 2.75) is 38.3 Å². The summed E-state index contributed by atoms with van der Waals surface area (Å²) in [5.74, 6) is 1.65. The Labute approximate surface area is 205 Å². The molecule has 0 spiro atoms. The molecule has 0 radical (unpaired) electrons. The van der Waals surface area contributed by atoms with Crippen LogP contribution in [0.15, 0.2) is 42.7 Å². The first kappa shape index (κ1) is 21.9. The molecule has 1 fully saturated rings. The number of likely N-dealkylation sites (N-methyl/N-ethyl adjacent to an activating group) is 1. The summed E-state index contributed by atoms with van der Waals surface area (Å²) in [5, 5.41) is 16.2. The van der Waals surface area contributed by atoms with Crippen LogP contribution in [-0.2, 0) is 6.42 Å². The molecule has 0 bridgehead atoms. The lowest BCUT2D eigenvalue weighted by Gasteiger charge is -2.31. The van der Waals surface area contributed by atoms with E-state index in [-0.39, 0.29) is 18.1 Å². The van der Waals surface area contributed by atoms with Crippen molar-refractivity contribution >= 4 is 28.9 Å². The summed E-state index contributed by atoms with van der Waals surface area (Å²) in [4.78, 5) is 26.6. The molecule has 3 aromatic rings. The van der Waals surface area contributed by atoms with Gasteiger partial charge in [-0.05, 0) is 67.1 Å². The summed E-state index contributed by atoms with van der Waals surface area (Å²) in [7, 11) is 2.07. The van der Waals surface area contributed by atoms with Gasteiger partial charge in [0.1, 0.15) is 11.6 Å². The molecule has 6 rings (SSSR count). The maximum Gasteiger partial charge on any atom is 0.254 e. The Morgan fingerprint density at radius 1 is 1.06 bits per heavy atom. The van der Waals surface area contributed by atoms with E-state index in [0.717, 1.165) is 72.8 Å². The van der Waals surface area contributed by atoms with Crippen LogP contribution in [0.3, 0.4) is 0 Å². The number of piperidine rings is 1. The first-order chi connectivity index (χ1) is 17.0. The summed E-state index contributed by atoms with van der Waals surface area (Å²) in [6.45, 7) is 4.65. The van der Waals surface area contributed by atoms with Crippen molar-refractivity contribution in [3.05, 3.63) is 59.4 Å². The molecular weight excluding hydrogens is 440 g/mol. The number of rotatable bonds is 4. The third kappa shape index (κ3) is 3.78. The highest BCUT2D eigenvalue weighted by Crippen LogP contribution is 2.42. The minimum atomic E-state index is -0.201. The number of aliphatic hydroxyl groups is 1. The fraction of sp³-hybridized carbons (Fsp3) is 0.370. The molecule has 35 heavy (non-hydrogen) atoms. The Morgan fingerprint density at radius 3 is 2.66 bits per heavy atom. The van der Waals surface area contributed by atoms with Crippen LogP contribution in [0, 0.1) is 0 Å². The number of benzene rings is 1. The van der Waals surface area contributed by atoms with E-state index in [1.54, 1.807) is 0 Å². The van der Waals surface area contributed by atoms with Crippen molar-refractivity contribution in [1.82, 2.24) is 15.3 Å². The van der Waals surface area contributed by atoms with E-state index >= 15 is 0 Å². The highest BCUT2D eigenvalue weighted by atomic mass is 16.3. The Kier molecular flexibility index (Phi) is 5.33. The van der Waals surface area contributed by atoms with Gasteiger partial charge in [0.25, 0.3) is 5.91 Å². The number of carbonyl (C=O) groups is 1. The topological polar surface area (TPSA) is 93.6 Å². The average molecular weight is 471 g/mol. The zero-order valence-electron chi connectivity index (χ0n) is 20.1. The van der Waals surface area contributed by atoms with Gasteiger partial charge in [-0.3, -0.25) is 4.79 Å². The second kappa shape index (κ2) is 8.53. The number of aromatic nitrogens is 2. The molecule has 1 saturated heterocycles. The minimum absolute atomic E-state index is 0.0665. The Morgan fingerprint density at radius 2 is 1.89 bits per heavy atom. The lowest BCUT2D eigenvalue weighted by atomic mass is 9.90. The van der Waals surface area contributed by atoms with Gasteiger partial charge in [-0.2, -0.15) is 0 Å².